The number of allylic oxidation sites excluding steroid dienone is 4. The van der Waals surface area contributed by atoms with Gasteiger partial charge in [0.05, 0.1) is 23.2 Å². The molecule has 0 aromatic rings. The van der Waals surface area contributed by atoms with Gasteiger partial charge in [-0.1, -0.05) is 31.6 Å². The molecule has 2 fully saturated rings. The summed E-state index contributed by atoms with van der Waals surface area (Å²) < 4.78 is 5.62. The van der Waals surface area contributed by atoms with Crippen molar-refractivity contribution in [1.29, 1.82) is 0 Å². The van der Waals surface area contributed by atoms with Crippen molar-refractivity contribution in [2.24, 2.45) is 34.5 Å². The lowest BCUT2D eigenvalue weighted by Gasteiger charge is -2.58. The number of ether oxygens (including phenoxy) is 1. The van der Waals surface area contributed by atoms with Crippen molar-refractivity contribution in [3.8, 4) is 0 Å². The summed E-state index contributed by atoms with van der Waals surface area (Å²) >= 11 is 0. The number of hydrogen-bond acceptors (Lipinski definition) is 6. The lowest BCUT2D eigenvalue weighted by Crippen LogP contribution is -2.60. The maximum absolute atomic E-state index is 13.1. The van der Waals surface area contributed by atoms with Crippen LogP contribution in [0.15, 0.2) is 34.9 Å². The summed E-state index contributed by atoms with van der Waals surface area (Å²) in [6.45, 7) is 7.35. The number of cyclic esters (lactones) is 1. The van der Waals surface area contributed by atoms with Gasteiger partial charge in [0.2, 0.25) is 0 Å². The van der Waals surface area contributed by atoms with Crippen LogP contribution < -0.4 is 0 Å². The molecule has 3 N–H and O–H groups in total. The van der Waals surface area contributed by atoms with Crippen LogP contribution in [0.2, 0.25) is 0 Å². The van der Waals surface area contributed by atoms with Gasteiger partial charge in [0.1, 0.15) is 12.2 Å². The second-order valence-corrected chi connectivity index (χ2v) is 11.9. The Labute approximate surface area is 201 Å². The first-order valence-electron chi connectivity index (χ1n) is 12.8. The first-order chi connectivity index (χ1) is 16.0. The highest BCUT2D eigenvalue weighted by molar-refractivity contribution is 5.98. The van der Waals surface area contributed by atoms with Crippen LogP contribution in [-0.4, -0.2) is 51.5 Å². The molecule has 6 nitrogen and oxygen atoms in total. The van der Waals surface area contributed by atoms with Gasteiger partial charge in [-0.15, -0.1) is 0 Å². The molecule has 0 bridgehead atoms. The Morgan fingerprint density at radius 3 is 2.59 bits per heavy atom. The topological polar surface area (TPSA) is 104 Å². The van der Waals surface area contributed by atoms with Crippen molar-refractivity contribution in [1.82, 2.24) is 0 Å². The third-order valence-electron chi connectivity index (χ3n) is 10.9. The molecule has 0 saturated heterocycles. The molecule has 0 aromatic heterocycles. The summed E-state index contributed by atoms with van der Waals surface area (Å²) in [5.41, 5.74) is -0.169. The molecule has 2 saturated carbocycles. The van der Waals surface area contributed by atoms with E-state index >= 15 is 0 Å². The number of hydrogen-bond donors (Lipinski definition) is 3. The molecule has 0 unspecified atom stereocenters. The average Bonchev–Trinajstić information content (AvgIpc) is 3.09. The summed E-state index contributed by atoms with van der Waals surface area (Å²) in [5, 5.41) is 32.7. The molecule has 5 rings (SSSR count). The Morgan fingerprint density at radius 1 is 1.18 bits per heavy atom. The summed E-state index contributed by atoms with van der Waals surface area (Å²) in [6, 6.07) is 0. The lowest BCUT2D eigenvalue weighted by molar-refractivity contribution is -0.193. The zero-order chi connectivity index (χ0) is 24.6. The van der Waals surface area contributed by atoms with Gasteiger partial charge in [0, 0.05) is 5.92 Å². The number of fused-ring (bicyclic) bond motifs is 5. The number of aliphatic hydroxyl groups excluding tert-OH is 2. The number of rotatable bonds is 3. The molecule has 1 heterocycles. The summed E-state index contributed by atoms with van der Waals surface area (Å²) in [6.07, 6.45) is 9.01. The zero-order valence-corrected chi connectivity index (χ0v) is 20.7. The van der Waals surface area contributed by atoms with Crippen LogP contribution in [0.1, 0.15) is 66.2 Å². The van der Waals surface area contributed by atoms with Crippen LogP contribution in [0, 0.1) is 34.5 Å². The van der Waals surface area contributed by atoms with Crippen LogP contribution in [0.5, 0.6) is 0 Å². The maximum Gasteiger partial charge on any atom is 0.336 e. The number of ketones is 1. The molecule has 1 aliphatic heterocycles. The maximum atomic E-state index is 13.1. The van der Waals surface area contributed by atoms with E-state index in [9.17, 15) is 24.9 Å². The molecule has 0 radical (unpaired) electrons. The first kappa shape index (κ1) is 24.0. The molecule has 4 aliphatic carbocycles. The highest BCUT2D eigenvalue weighted by atomic mass is 16.6. The highest BCUT2D eigenvalue weighted by Crippen LogP contribution is 2.68. The third-order valence-corrected chi connectivity index (χ3v) is 10.9. The molecule has 0 amide bonds. The van der Waals surface area contributed by atoms with Crippen molar-refractivity contribution in [3.63, 3.8) is 0 Å². The summed E-state index contributed by atoms with van der Waals surface area (Å²) in [5.74, 6) is -0.0208. The van der Waals surface area contributed by atoms with E-state index in [0.29, 0.717) is 17.9 Å². The summed E-state index contributed by atoms with van der Waals surface area (Å²) in [7, 11) is 0. The average molecular weight is 471 g/mol. The quantitative estimate of drug-likeness (QED) is 0.432. The molecule has 5 aliphatic rings. The molecular formula is C28H38O6. The van der Waals surface area contributed by atoms with Gasteiger partial charge in [-0.2, -0.15) is 0 Å². The van der Waals surface area contributed by atoms with Crippen LogP contribution in [-0.2, 0) is 14.3 Å². The first-order valence-corrected chi connectivity index (χ1v) is 12.8. The van der Waals surface area contributed by atoms with Crippen molar-refractivity contribution in [2.75, 3.05) is 6.61 Å². The van der Waals surface area contributed by atoms with Crippen molar-refractivity contribution in [2.45, 2.75) is 84.0 Å². The second kappa shape index (κ2) is 7.87. The number of carbonyl (C=O) groups is 2. The molecule has 9 atom stereocenters. The van der Waals surface area contributed by atoms with E-state index < -0.39 is 47.1 Å². The minimum Gasteiger partial charge on any atom is -0.455 e. The molecular weight excluding hydrogens is 432 g/mol. The third kappa shape index (κ3) is 2.91. The van der Waals surface area contributed by atoms with Gasteiger partial charge in [0.25, 0.3) is 0 Å². The number of carbonyl (C=O) groups excluding carboxylic acids is 2. The lowest BCUT2D eigenvalue weighted by atomic mass is 9.46. The minimum absolute atomic E-state index is 0.100. The van der Waals surface area contributed by atoms with E-state index in [1.54, 1.807) is 13.0 Å². The minimum atomic E-state index is -1.10. The predicted molar refractivity (Wildman–Crippen MR) is 126 cm³/mol. The van der Waals surface area contributed by atoms with E-state index in [1.807, 2.05) is 13.0 Å². The molecule has 6 heteroatoms. The molecule has 0 aromatic carbocycles. The Bertz CT molecular complexity index is 1010. The van der Waals surface area contributed by atoms with Crippen molar-refractivity contribution in [3.05, 3.63) is 34.9 Å². The Hall–Kier alpha value is -1.76. The molecule has 34 heavy (non-hydrogen) atoms. The summed E-state index contributed by atoms with van der Waals surface area (Å²) in [4.78, 5) is 25.6. The van der Waals surface area contributed by atoms with Crippen LogP contribution in [0.3, 0.4) is 0 Å². The fourth-order valence-electron chi connectivity index (χ4n) is 8.64. The van der Waals surface area contributed by atoms with Gasteiger partial charge >= 0.3 is 5.97 Å². The van der Waals surface area contributed by atoms with Gasteiger partial charge < -0.3 is 20.1 Å². The van der Waals surface area contributed by atoms with Crippen LogP contribution in [0.4, 0.5) is 0 Å². The van der Waals surface area contributed by atoms with Crippen molar-refractivity contribution < 1.29 is 29.6 Å². The smallest absolute Gasteiger partial charge is 0.336 e. The standard InChI is InChI=1S/C28H38O6/c1-15-19(14-29)25(32)34-24(23(15)31)16(2)28(33)13-11-20-18-9-8-17-6-5-7-22(30)27(17,4)21(18)10-12-26(20,28)3/h5,7-8,16,18,20-21,23-24,29,31,33H,6,9-14H2,1-4H3/t16-,18+,20+,21+,23+,24+,26-,27+,28+/m1/s1. The normalized spacial score (nSPS) is 46.9. The van der Waals surface area contributed by atoms with Gasteiger partial charge in [-0.05, 0) is 87.2 Å². The Kier molecular flexibility index (Phi) is 5.55. The fourth-order valence-corrected chi connectivity index (χ4v) is 8.64. The predicted octanol–water partition coefficient (Wildman–Crippen LogP) is 3.26. The number of aliphatic hydroxyl groups is 3. The van der Waals surface area contributed by atoms with E-state index in [4.69, 9.17) is 4.74 Å². The van der Waals surface area contributed by atoms with Gasteiger partial charge in [-0.3, -0.25) is 4.79 Å². The van der Waals surface area contributed by atoms with E-state index in [1.165, 1.54) is 5.57 Å². The Balaban J connectivity index is 1.46. The zero-order valence-electron chi connectivity index (χ0n) is 20.7. The van der Waals surface area contributed by atoms with Crippen molar-refractivity contribution >= 4 is 11.8 Å². The van der Waals surface area contributed by atoms with Gasteiger partial charge in [0.15, 0.2) is 5.78 Å². The monoisotopic (exact) mass is 470 g/mol. The molecule has 0 spiro atoms. The molecule has 186 valence electrons. The van der Waals surface area contributed by atoms with E-state index in [0.717, 1.165) is 32.1 Å². The Morgan fingerprint density at radius 2 is 1.88 bits per heavy atom. The highest BCUT2D eigenvalue weighted by Gasteiger charge is 2.67. The van der Waals surface area contributed by atoms with Crippen LogP contribution in [0.25, 0.3) is 0 Å². The van der Waals surface area contributed by atoms with E-state index in [-0.39, 0.29) is 23.2 Å². The largest absolute Gasteiger partial charge is 0.455 e. The van der Waals surface area contributed by atoms with Gasteiger partial charge in [-0.25, -0.2) is 4.79 Å². The van der Waals surface area contributed by atoms with Crippen LogP contribution >= 0.6 is 0 Å². The second-order valence-electron chi connectivity index (χ2n) is 11.9. The number of esters is 1. The van der Waals surface area contributed by atoms with E-state index in [2.05, 4.69) is 19.9 Å². The SMILES string of the molecule is CC1=C(CO)C(=O)O[C@@H]([C@@H](C)[C@@]2(O)CC[C@H]3[C@@H]4CC=C5CC=CC(=O)[C@]5(C)[C@H]4CC[C@]32C)[C@H]1O. The fraction of sp³-hybridized carbons (Fsp3) is 0.714.